The van der Waals surface area contributed by atoms with Gasteiger partial charge >= 0.3 is 0 Å². The molecular formula is C20H26ClN5O2. The summed E-state index contributed by atoms with van der Waals surface area (Å²) >= 11 is 6.65. The Morgan fingerprint density at radius 3 is 2.68 bits per heavy atom. The molecule has 7 nitrogen and oxygen atoms in total. The first-order chi connectivity index (χ1) is 13.6. The second-order valence-electron chi connectivity index (χ2n) is 7.17. The summed E-state index contributed by atoms with van der Waals surface area (Å²) in [6.45, 7) is 7.27. The zero-order chi connectivity index (χ0) is 19.5. The molecule has 4 rings (SSSR count). The Balaban J connectivity index is 1.71. The zero-order valence-corrected chi connectivity index (χ0v) is 16.9. The molecule has 0 radical (unpaired) electrons. The molecule has 2 fully saturated rings. The molecule has 0 saturated carbocycles. The van der Waals surface area contributed by atoms with E-state index in [0.29, 0.717) is 13.2 Å². The second kappa shape index (κ2) is 8.51. The van der Waals surface area contributed by atoms with E-state index in [1.54, 1.807) is 0 Å². The second-order valence-corrected chi connectivity index (χ2v) is 7.58. The van der Waals surface area contributed by atoms with Gasteiger partial charge in [-0.05, 0) is 37.1 Å². The van der Waals surface area contributed by atoms with Crippen LogP contribution < -0.4 is 15.5 Å². The number of benzene rings is 1. The number of aryl methyl sites for hydroxylation is 1. The predicted molar refractivity (Wildman–Crippen MR) is 111 cm³/mol. The van der Waals surface area contributed by atoms with Crippen molar-refractivity contribution >= 4 is 29.1 Å². The number of anilines is 3. The van der Waals surface area contributed by atoms with Gasteiger partial charge in [0, 0.05) is 48.7 Å². The molecule has 2 aromatic rings. The van der Waals surface area contributed by atoms with Crippen molar-refractivity contribution in [3.8, 4) is 0 Å². The van der Waals surface area contributed by atoms with Gasteiger partial charge in [-0.1, -0.05) is 11.6 Å². The van der Waals surface area contributed by atoms with Crippen LogP contribution in [0.15, 0.2) is 24.3 Å². The number of rotatable bonds is 3. The predicted octanol–water partition coefficient (Wildman–Crippen LogP) is 2.83. The van der Waals surface area contributed by atoms with Crippen molar-refractivity contribution in [2.75, 3.05) is 61.6 Å². The number of ether oxygens (including phenoxy) is 2. The third kappa shape index (κ3) is 4.16. The summed E-state index contributed by atoms with van der Waals surface area (Å²) in [7, 11) is 0. The number of nitrogen functional groups attached to an aromatic ring is 1. The lowest BCUT2D eigenvalue weighted by Gasteiger charge is -2.33. The third-order valence-corrected chi connectivity index (χ3v) is 5.55. The lowest BCUT2D eigenvalue weighted by atomic mass is 10.0. The topological polar surface area (TPSA) is 76.7 Å². The van der Waals surface area contributed by atoms with Gasteiger partial charge in [0.15, 0.2) is 0 Å². The van der Waals surface area contributed by atoms with E-state index in [-0.39, 0.29) is 12.0 Å². The highest BCUT2D eigenvalue weighted by atomic mass is 35.5. The van der Waals surface area contributed by atoms with Crippen LogP contribution in [-0.2, 0) is 9.47 Å². The Hall–Kier alpha value is -2.09. The molecule has 8 heteroatoms. The van der Waals surface area contributed by atoms with Gasteiger partial charge in [-0.2, -0.15) is 4.98 Å². The Bertz CT molecular complexity index is 808. The van der Waals surface area contributed by atoms with Gasteiger partial charge in [-0.25, -0.2) is 4.98 Å². The van der Waals surface area contributed by atoms with Crippen LogP contribution in [-0.4, -0.2) is 56.0 Å². The maximum absolute atomic E-state index is 6.65. The molecule has 0 spiro atoms. The minimum absolute atomic E-state index is 0.0373. The number of hydrogen-bond acceptors (Lipinski definition) is 7. The van der Waals surface area contributed by atoms with Crippen molar-refractivity contribution in [1.82, 2.24) is 9.97 Å². The fraction of sp³-hybridized carbons (Fsp3) is 0.500. The number of halogens is 1. The molecule has 2 aliphatic rings. The maximum Gasteiger partial charge on any atom is 0.222 e. The summed E-state index contributed by atoms with van der Waals surface area (Å²) in [5, 5.41) is 0.733. The SMILES string of the molecule is Cc1cc(N2CCCOC[C@H]2c2cc(N3CCOCC3)ccc2Cl)nc(N)n1. The molecule has 0 aliphatic carbocycles. The first-order valence-corrected chi connectivity index (χ1v) is 10.1. The number of nitrogens with two attached hydrogens (primary N) is 1. The summed E-state index contributed by atoms with van der Waals surface area (Å²) < 4.78 is 11.4. The van der Waals surface area contributed by atoms with E-state index >= 15 is 0 Å². The highest BCUT2D eigenvalue weighted by Gasteiger charge is 2.27. The average Bonchev–Trinajstić information content (AvgIpc) is 2.94. The lowest BCUT2D eigenvalue weighted by molar-refractivity contribution is 0.122. The van der Waals surface area contributed by atoms with Crippen molar-refractivity contribution in [1.29, 1.82) is 0 Å². The van der Waals surface area contributed by atoms with Crippen LogP contribution in [0.3, 0.4) is 0 Å². The van der Waals surface area contributed by atoms with E-state index < -0.39 is 0 Å². The third-order valence-electron chi connectivity index (χ3n) is 5.21. The summed E-state index contributed by atoms with van der Waals surface area (Å²) in [6, 6.07) is 8.16. The fourth-order valence-corrected chi connectivity index (χ4v) is 4.08. The molecule has 0 unspecified atom stereocenters. The van der Waals surface area contributed by atoms with Gasteiger partial charge in [0.05, 0.1) is 25.9 Å². The van der Waals surface area contributed by atoms with Gasteiger partial charge in [0.2, 0.25) is 5.95 Å². The van der Waals surface area contributed by atoms with E-state index in [0.717, 1.165) is 67.1 Å². The van der Waals surface area contributed by atoms with Crippen molar-refractivity contribution in [2.45, 2.75) is 19.4 Å². The maximum atomic E-state index is 6.65. The first-order valence-electron chi connectivity index (χ1n) is 9.69. The van der Waals surface area contributed by atoms with Crippen LogP contribution in [0, 0.1) is 6.92 Å². The summed E-state index contributed by atoms with van der Waals surface area (Å²) in [4.78, 5) is 13.3. The Morgan fingerprint density at radius 1 is 1.07 bits per heavy atom. The molecule has 1 aromatic heterocycles. The fourth-order valence-electron chi connectivity index (χ4n) is 3.84. The minimum Gasteiger partial charge on any atom is -0.379 e. The number of hydrogen-bond donors (Lipinski definition) is 1. The lowest BCUT2D eigenvalue weighted by Crippen LogP contribution is -2.36. The molecule has 150 valence electrons. The summed E-state index contributed by atoms with van der Waals surface area (Å²) in [5.41, 5.74) is 8.96. The molecule has 1 aromatic carbocycles. The van der Waals surface area contributed by atoms with E-state index in [1.165, 1.54) is 0 Å². The molecule has 1 atom stereocenters. The highest BCUT2D eigenvalue weighted by Crippen LogP contribution is 2.35. The number of morpholine rings is 1. The standard InChI is InChI=1S/C20H26ClN5O2/c1-14-11-19(24-20(22)23-14)26-5-2-8-28-13-18(26)16-12-15(3-4-17(16)21)25-6-9-27-10-7-25/h3-4,11-12,18H,2,5-10,13H2,1H3,(H2,22,23,24)/t18-/m0/s1. The van der Waals surface area contributed by atoms with Crippen LogP contribution in [0.4, 0.5) is 17.5 Å². The van der Waals surface area contributed by atoms with Crippen molar-refractivity contribution in [2.24, 2.45) is 0 Å². The summed E-state index contributed by atoms with van der Waals surface area (Å²) in [6.07, 6.45) is 0.917. The molecule has 28 heavy (non-hydrogen) atoms. The normalized spacial score (nSPS) is 20.9. The monoisotopic (exact) mass is 403 g/mol. The van der Waals surface area contributed by atoms with E-state index in [4.69, 9.17) is 26.8 Å². The summed E-state index contributed by atoms with van der Waals surface area (Å²) in [5.74, 6) is 1.10. The molecular weight excluding hydrogens is 378 g/mol. The number of nitrogens with zero attached hydrogens (tertiary/aromatic N) is 4. The van der Waals surface area contributed by atoms with Crippen LogP contribution in [0.2, 0.25) is 5.02 Å². The van der Waals surface area contributed by atoms with Gasteiger partial charge in [-0.15, -0.1) is 0 Å². The Labute approximate surface area is 170 Å². The van der Waals surface area contributed by atoms with Gasteiger partial charge in [0.25, 0.3) is 0 Å². The van der Waals surface area contributed by atoms with Gasteiger partial charge in [-0.3, -0.25) is 0 Å². The quantitative estimate of drug-likeness (QED) is 0.844. The first kappa shape index (κ1) is 19.2. The van der Waals surface area contributed by atoms with E-state index in [9.17, 15) is 0 Å². The van der Waals surface area contributed by atoms with E-state index in [1.807, 2.05) is 19.1 Å². The van der Waals surface area contributed by atoms with Crippen LogP contribution in [0.1, 0.15) is 23.7 Å². The average molecular weight is 404 g/mol. The molecule has 0 amide bonds. The van der Waals surface area contributed by atoms with Crippen molar-refractivity contribution in [3.63, 3.8) is 0 Å². The highest BCUT2D eigenvalue weighted by molar-refractivity contribution is 6.31. The Morgan fingerprint density at radius 2 is 1.89 bits per heavy atom. The van der Waals surface area contributed by atoms with Gasteiger partial charge < -0.3 is 25.0 Å². The van der Waals surface area contributed by atoms with Crippen molar-refractivity contribution < 1.29 is 9.47 Å². The molecule has 3 heterocycles. The minimum atomic E-state index is -0.0373. The van der Waals surface area contributed by atoms with Crippen LogP contribution >= 0.6 is 11.6 Å². The Kier molecular flexibility index (Phi) is 5.85. The van der Waals surface area contributed by atoms with Gasteiger partial charge in [0.1, 0.15) is 5.82 Å². The largest absolute Gasteiger partial charge is 0.379 e. The molecule has 2 saturated heterocycles. The van der Waals surface area contributed by atoms with E-state index in [2.05, 4.69) is 31.9 Å². The van der Waals surface area contributed by atoms with Crippen molar-refractivity contribution in [3.05, 3.63) is 40.5 Å². The van der Waals surface area contributed by atoms with Crippen LogP contribution in [0.25, 0.3) is 0 Å². The zero-order valence-electron chi connectivity index (χ0n) is 16.1. The molecule has 2 aliphatic heterocycles. The smallest absolute Gasteiger partial charge is 0.222 e. The molecule has 2 N–H and O–H groups in total. The number of aromatic nitrogens is 2. The molecule has 0 bridgehead atoms. The van der Waals surface area contributed by atoms with Crippen LogP contribution in [0.5, 0.6) is 0 Å².